The molecule has 0 aromatic heterocycles. The molecule has 10 heteroatoms. The van der Waals surface area contributed by atoms with E-state index in [1.54, 1.807) is 30.3 Å². The van der Waals surface area contributed by atoms with E-state index in [2.05, 4.69) is 6.07 Å². The van der Waals surface area contributed by atoms with Gasteiger partial charge in [-0.05, 0) is 25.5 Å². The number of nitrogens with zero attached hydrogens (tertiary/aromatic N) is 2. The number of ether oxygens (including phenoxy) is 3. The Labute approximate surface area is 213 Å². The minimum Gasteiger partial charge on any atom is -0.489 e. The first-order valence-corrected chi connectivity index (χ1v) is 11.2. The summed E-state index contributed by atoms with van der Waals surface area (Å²) in [7, 11) is 2.34. The summed E-state index contributed by atoms with van der Waals surface area (Å²) in [6, 6.07) is 13.7. The molecule has 182 valence electrons. The molecule has 1 heterocycles. The van der Waals surface area contributed by atoms with Crippen LogP contribution in [0.25, 0.3) is 0 Å². The molecule has 0 saturated carbocycles. The standard InChI is InChI=1S/C25H23Cl2N3O5/c1-13(2)35-19-11-18(16(26)10-17(19)27)30-22(25(32)34-4)21(24(31)33-3)20(15(12-28)23(30)29)14-8-6-5-7-9-14/h5-11,13,20H,29H2,1-4H3. The fourth-order valence-corrected chi connectivity index (χ4v) is 4.31. The van der Waals surface area contributed by atoms with Crippen molar-refractivity contribution in [3.63, 3.8) is 0 Å². The molecule has 0 saturated heterocycles. The molecule has 2 aromatic rings. The molecule has 35 heavy (non-hydrogen) atoms. The average Bonchev–Trinajstić information content (AvgIpc) is 2.84. The van der Waals surface area contributed by atoms with Crippen molar-refractivity contribution in [1.82, 2.24) is 0 Å². The van der Waals surface area contributed by atoms with Crippen molar-refractivity contribution in [3.8, 4) is 11.8 Å². The van der Waals surface area contributed by atoms with Gasteiger partial charge in [-0.1, -0.05) is 53.5 Å². The molecule has 2 N–H and O–H groups in total. The molecule has 0 fully saturated rings. The summed E-state index contributed by atoms with van der Waals surface area (Å²) in [5.41, 5.74) is 6.85. The van der Waals surface area contributed by atoms with Gasteiger partial charge in [0.2, 0.25) is 0 Å². The van der Waals surface area contributed by atoms with Crippen LogP contribution >= 0.6 is 23.2 Å². The highest BCUT2D eigenvalue weighted by molar-refractivity contribution is 6.37. The predicted molar refractivity (Wildman–Crippen MR) is 132 cm³/mol. The summed E-state index contributed by atoms with van der Waals surface area (Å²) in [5.74, 6) is -2.57. The monoisotopic (exact) mass is 515 g/mol. The lowest BCUT2D eigenvalue weighted by atomic mass is 9.81. The van der Waals surface area contributed by atoms with E-state index < -0.39 is 17.9 Å². The second kappa shape index (κ2) is 10.7. The first-order chi connectivity index (χ1) is 16.7. The number of benzene rings is 2. The Kier molecular flexibility index (Phi) is 7.95. The summed E-state index contributed by atoms with van der Waals surface area (Å²) in [6.45, 7) is 3.63. The van der Waals surface area contributed by atoms with Crippen LogP contribution in [0.1, 0.15) is 25.3 Å². The van der Waals surface area contributed by atoms with E-state index in [-0.39, 0.29) is 50.3 Å². The number of rotatable bonds is 6. The van der Waals surface area contributed by atoms with Crippen molar-refractivity contribution in [2.45, 2.75) is 25.9 Å². The predicted octanol–water partition coefficient (Wildman–Crippen LogP) is 4.68. The van der Waals surface area contributed by atoms with Gasteiger partial charge < -0.3 is 19.9 Å². The number of hydrogen-bond acceptors (Lipinski definition) is 8. The largest absolute Gasteiger partial charge is 0.489 e. The Hall–Kier alpha value is -3.67. The minimum absolute atomic E-state index is 0.0154. The Morgan fingerprint density at radius 3 is 2.23 bits per heavy atom. The SMILES string of the molecule is COC(=O)C1=C(C(=O)OC)N(c2cc(OC(C)C)c(Cl)cc2Cl)C(N)=C(C#N)C1c1ccccc1. The van der Waals surface area contributed by atoms with Crippen LogP contribution in [0.5, 0.6) is 5.75 Å². The maximum atomic E-state index is 13.1. The van der Waals surface area contributed by atoms with Gasteiger partial charge in [-0.2, -0.15) is 5.26 Å². The molecule has 0 radical (unpaired) electrons. The molecule has 1 unspecified atom stereocenters. The average molecular weight is 516 g/mol. The lowest BCUT2D eigenvalue weighted by Gasteiger charge is -2.36. The fourth-order valence-electron chi connectivity index (χ4n) is 3.80. The summed E-state index contributed by atoms with van der Waals surface area (Å²) in [5, 5.41) is 10.4. The Balaban J connectivity index is 2.43. The van der Waals surface area contributed by atoms with Crippen LogP contribution in [0.2, 0.25) is 10.0 Å². The van der Waals surface area contributed by atoms with Crippen molar-refractivity contribution < 1.29 is 23.8 Å². The molecule has 2 aromatic carbocycles. The van der Waals surface area contributed by atoms with Crippen molar-refractivity contribution in [2.24, 2.45) is 5.73 Å². The van der Waals surface area contributed by atoms with Crippen LogP contribution < -0.4 is 15.4 Å². The topological polar surface area (TPSA) is 115 Å². The zero-order valence-corrected chi connectivity index (χ0v) is 21.0. The van der Waals surface area contributed by atoms with Crippen molar-refractivity contribution >= 4 is 40.8 Å². The zero-order valence-electron chi connectivity index (χ0n) is 19.5. The van der Waals surface area contributed by atoms with Gasteiger partial charge in [0.05, 0.1) is 59.2 Å². The van der Waals surface area contributed by atoms with Gasteiger partial charge in [0.1, 0.15) is 17.3 Å². The number of methoxy groups -OCH3 is 2. The van der Waals surface area contributed by atoms with Crippen molar-refractivity contribution in [1.29, 1.82) is 5.26 Å². The second-order valence-corrected chi connectivity index (χ2v) is 8.55. The molecule has 1 aliphatic heterocycles. The molecule has 8 nitrogen and oxygen atoms in total. The summed E-state index contributed by atoms with van der Waals surface area (Å²) in [4.78, 5) is 27.5. The fraction of sp³-hybridized carbons (Fsp3) is 0.240. The number of esters is 2. The third-order valence-corrected chi connectivity index (χ3v) is 5.81. The van der Waals surface area contributed by atoms with Gasteiger partial charge in [0, 0.05) is 6.07 Å². The van der Waals surface area contributed by atoms with E-state index in [0.29, 0.717) is 5.56 Å². The van der Waals surface area contributed by atoms with Crippen LogP contribution in [-0.2, 0) is 19.1 Å². The number of anilines is 1. The number of nitriles is 1. The Morgan fingerprint density at radius 2 is 1.69 bits per heavy atom. The maximum absolute atomic E-state index is 13.1. The molecule has 0 spiro atoms. The number of carbonyl (C=O) groups is 2. The molecule has 0 bridgehead atoms. The molecule has 3 rings (SSSR count). The summed E-state index contributed by atoms with van der Waals surface area (Å²) in [6.07, 6.45) is -0.228. The molecule has 0 aliphatic carbocycles. The van der Waals surface area contributed by atoms with E-state index in [4.69, 9.17) is 43.1 Å². The van der Waals surface area contributed by atoms with Gasteiger partial charge in [-0.3, -0.25) is 4.90 Å². The summed E-state index contributed by atoms with van der Waals surface area (Å²) >= 11 is 12.8. The highest BCUT2D eigenvalue weighted by Crippen LogP contribution is 2.46. The van der Waals surface area contributed by atoms with Crippen LogP contribution in [0, 0.1) is 11.3 Å². The first-order valence-electron chi connectivity index (χ1n) is 10.5. The first kappa shape index (κ1) is 25.9. The van der Waals surface area contributed by atoms with E-state index in [1.807, 2.05) is 13.8 Å². The van der Waals surface area contributed by atoms with Gasteiger partial charge in [-0.25, -0.2) is 9.59 Å². The molecule has 0 amide bonds. The number of allylic oxidation sites excluding steroid dienone is 1. The van der Waals surface area contributed by atoms with Gasteiger partial charge in [0.25, 0.3) is 0 Å². The highest BCUT2D eigenvalue weighted by atomic mass is 35.5. The quantitative estimate of drug-likeness (QED) is 0.551. The molecule has 1 atom stereocenters. The van der Waals surface area contributed by atoms with Crippen LogP contribution in [0.15, 0.2) is 65.1 Å². The molecular weight excluding hydrogens is 493 g/mol. The van der Waals surface area contributed by atoms with E-state index in [0.717, 1.165) is 7.11 Å². The van der Waals surface area contributed by atoms with E-state index in [1.165, 1.54) is 24.1 Å². The van der Waals surface area contributed by atoms with E-state index >= 15 is 0 Å². The van der Waals surface area contributed by atoms with Crippen LogP contribution in [-0.4, -0.2) is 32.3 Å². The molecule has 1 aliphatic rings. The van der Waals surface area contributed by atoms with Crippen molar-refractivity contribution in [2.75, 3.05) is 19.1 Å². The summed E-state index contributed by atoms with van der Waals surface area (Å²) < 4.78 is 15.8. The third kappa shape index (κ3) is 4.92. The Bertz CT molecular complexity index is 1270. The smallest absolute Gasteiger partial charge is 0.355 e. The number of hydrogen-bond donors (Lipinski definition) is 1. The lowest BCUT2D eigenvalue weighted by molar-refractivity contribution is -0.139. The third-order valence-electron chi connectivity index (χ3n) is 5.22. The van der Waals surface area contributed by atoms with Gasteiger partial charge in [0.15, 0.2) is 0 Å². The highest BCUT2D eigenvalue weighted by Gasteiger charge is 2.43. The number of carbonyl (C=O) groups excluding carboxylic acids is 2. The van der Waals surface area contributed by atoms with Gasteiger partial charge in [-0.15, -0.1) is 0 Å². The van der Waals surface area contributed by atoms with Crippen LogP contribution in [0.3, 0.4) is 0 Å². The molecular formula is C25H23Cl2N3O5. The second-order valence-electron chi connectivity index (χ2n) is 7.74. The van der Waals surface area contributed by atoms with Crippen LogP contribution in [0.4, 0.5) is 5.69 Å². The van der Waals surface area contributed by atoms with E-state index in [9.17, 15) is 14.9 Å². The Morgan fingerprint density at radius 1 is 1.06 bits per heavy atom. The van der Waals surface area contributed by atoms with Gasteiger partial charge >= 0.3 is 11.9 Å². The lowest BCUT2D eigenvalue weighted by Crippen LogP contribution is -2.41. The number of nitrogens with two attached hydrogens (primary N) is 1. The maximum Gasteiger partial charge on any atom is 0.355 e. The zero-order chi connectivity index (χ0) is 25.9. The number of halogens is 2. The van der Waals surface area contributed by atoms with Crippen molar-refractivity contribution in [3.05, 3.63) is 80.7 Å². The normalized spacial score (nSPS) is 15.7. The minimum atomic E-state index is -0.989.